The number of nitrogens with zero attached hydrogens (tertiary/aromatic N) is 2. The maximum absolute atomic E-state index is 15.1. The Morgan fingerprint density at radius 1 is 0.470 bits per heavy atom. The minimum atomic E-state index is -4.59. The van der Waals surface area contributed by atoms with Crippen molar-refractivity contribution in [1.82, 2.24) is 9.80 Å². The highest BCUT2D eigenvalue weighted by Gasteiger charge is 2.58. The average molecular weight is 943 g/mol. The first kappa shape index (κ1) is 50.1. The SMILES string of the molecule is CC1CCC(OC2C(C)CC(C(C)(C)C3CC(C)C(OC4CCC(N5C(=O)C6CCC(OC7CCC8C(=O)N(C)C(=O)C8C7)CC6C5=O)CC4C(F)(F)F)C(C)C3)CC2C)C(C(F)(F)F)C1. The molecule has 0 bridgehead atoms. The van der Waals surface area contributed by atoms with E-state index >= 15 is 13.2 Å². The standard InChI is InChI=1S/C51H76F6N2O7/c1-25-9-15-41(39(17-25)50(52,53)54)65-43-26(2)18-30(19-27(43)3)49(6,7)31-20-28(4)44(29(5)21-31)66-42-16-10-32(22-40(42)51(55,56)57)59-47(62)36-14-12-34(24-38(36)48(59)63)64-33-11-13-35-37(23-33)46(61)58(8)45(35)60/h25-44H,9-24H2,1-8H3. The molecule has 8 aliphatic rings. The molecular formula is C51H76F6N2O7. The second-order valence-electron chi connectivity index (χ2n) is 23.7. The molecule has 0 aromatic heterocycles. The summed E-state index contributed by atoms with van der Waals surface area (Å²) in [5.74, 6) is -5.56. The predicted molar refractivity (Wildman–Crippen MR) is 233 cm³/mol. The van der Waals surface area contributed by atoms with Crippen LogP contribution < -0.4 is 0 Å². The molecule has 16 unspecified atom stereocenters. The van der Waals surface area contributed by atoms with Gasteiger partial charge in [-0.1, -0.05) is 48.5 Å². The van der Waals surface area contributed by atoms with Crippen molar-refractivity contribution in [2.75, 3.05) is 7.05 Å². The molecule has 16 atom stereocenters. The number of amides is 4. The minimum Gasteiger partial charge on any atom is -0.375 e. The molecule has 15 heteroatoms. The maximum atomic E-state index is 15.1. The third-order valence-electron chi connectivity index (χ3n) is 19.0. The Labute approximate surface area is 387 Å². The maximum Gasteiger partial charge on any atom is 0.394 e. The van der Waals surface area contributed by atoms with Crippen LogP contribution in [0.2, 0.25) is 0 Å². The number of carbonyl (C=O) groups excluding carboxylic acids is 4. The second-order valence-corrected chi connectivity index (χ2v) is 23.7. The molecule has 8 rings (SSSR count). The Kier molecular flexibility index (Phi) is 14.3. The fraction of sp³-hybridized carbons (Fsp3) is 0.922. The summed E-state index contributed by atoms with van der Waals surface area (Å²) in [7, 11) is 1.51. The van der Waals surface area contributed by atoms with Gasteiger partial charge in [0.25, 0.3) is 0 Å². The summed E-state index contributed by atoms with van der Waals surface area (Å²) in [5, 5.41) is 0. The quantitative estimate of drug-likeness (QED) is 0.168. The molecule has 4 amide bonds. The number of hydrogen-bond acceptors (Lipinski definition) is 7. The van der Waals surface area contributed by atoms with Crippen molar-refractivity contribution in [3.05, 3.63) is 0 Å². The Balaban J connectivity index is 0.852. The van der Waals surface area contributed by atoms with Crippen molar-refractivity contribution in [2.24, 2.45) is 82.3 Å². The lowest BCUT2D eigenvalue weighted by molar-refractivity contribution is -0.239. The molecule has 8 fully saturated rings. The van der Waals surface area contributed by atoms with E-state index in [9.17, 15) is 32.3 Å². The zero-order valence-electron chi connectivity index (χ0n) is 40.4. The van der Waals surface area contributed by atoms with Crippen LogP contribution in [0.1, 0.15) is 151 Å². The number of imide groups is 2. The van der Waals surface area contributed by atoms with Crippen molar-refractivity contribution >= 4 is 23.6 Å². The fourth-order valence-corrected chi connectivity index (χ4v) is 15.2. The van der Waals surface area contributed by atoms with Crippen molar-refractivity contribution in [2.45, 2.75) is 206 Å². The molecule has 0 spiro atoms. The van der Waals surface area contributed by atoms with Gasteiger partial charge in [0.05, 0.1) is 72.1 Å². The van der Waals surface area contributed by atoms with Crippen LogP contribution in [0.15, 0.2) is 0 Å². The van der Waals surface area contributed by atoms with E-state index in [1.165, 1.54) is 11.9 Å². The molecule has 2 heterocycles. The third-order valence-corrected chi connectivity index (χ3v) is 19.0. The molecule has 66 heavy (non-hydrogen) atoms. The molecule has 6 saturated carbocycles. The molecule has 2 saturated heterocycles. The lowest BCUT2D eigenvalue weighted by Crippen LogP contribution is -2.52. The van der Waals surface area contributed by atoms with E-state index in [1.807, 2.05) is 6.92 Å². The molecule has 6 aliphatic carbocycles. The number of rotatable bonds is 9. The van der Waals surface area contributed by atoms with Crippen LogP contribution in [0.3, 0.4) is 0 Å². The predicted octanol–water partition coefficient (Wildman–Crippen LogP) is 10.6. The summed E-state index contributed by atoms with van der Waals surface area (Å²) in [6.07, 6.45) is -4.61. The van der Waals surface area contributed by atoms with Crippen molar-refractivity contribution in [1.29, 1.82) is 0 Å². The first-order valence-corrected chi connectivity index (χ1v) is 25.6. The number of hydrogen-bond donors (Lipinski definition) is 0. The Morgan fingerprint density at radius 3 is 1.36 bits per heavy atom. The largest absolute Gasteiger partial charge is 0.394 e. The van der Waals surface area contributed by atoms with Crippen LogP contribution in [-0.2, 0) is 33.4 Å². The van der Waals surface area contributed by atoms with Gasteiger partial charge in [0.1, 0.15) is 0 Å². The monoisotopic (exact) mass is 943 g/mol. The zero-order chi connectivity index (χ0) is 47.9. The number of alkyl halides is 6. The number of carbonyl (C=O) groups is 4. The van der Waals surface area contributed by atoms with E-state index in [0.717, 1.165) is 37.0 Å². The Hall–Kier alpha value is -2.26. The topological polar surface area (TPSA) is 102 Å². The van der Waals surface area contributed by atoms with Crippen LogP contribution in [0, 0.1) is 82.3 Å². The van der Waals surface area contributed by atoms with Crippen LogP contribution >= 0.6 is 0 Å². The molecule has 0 aromatic rings. The van der Waals surface area contributed by atoms with Crippen molar-refractivity contribution in [3.8, 4) is 0 Å². The molecular weight excluding hydrogens is 867 g/mol. The van der Waals surface area contributed by atoms with Crippen LogP contribution in [0.25, 0.3) is 0 Å². The summed E-state index contributed by atoms with van der Waals surface area (Å²) in [6, 6.07) is -0.867. The highest BCUT2D eigenvalue weighted by molar-refractivity contribution is 6.06. The summed E-state index contributed by atoms with van der Waals surface area (Å²) < 4.78 is 107. The second kappa shape index (κ2) is 18.8. The molecule has 2 aliphatic heterocycles. The van der Waals surface area contributed by atoms with E-state index in [2.05, 4.69) is 41.5 Å². The summed E-state index contributed by atoms with van der Waals surface area (Å²) in [5.41, 5.74) is -0.116. The smallest absolute Gasteiger partial charge is 0.375 e. The molecule has 0 aromatic carbocycles. The van der Waals surface area contributed by atoms with Gasteiger partial charge in [0.15, 0.2) is 0 Å². The first-order chi connectivity index (χ1) is 30.8. The van der Waals surface area contributed by atoms with Crippen LogP contribution in [0.4, 0.5) is 26.3 Å². The van der Waals surface area contributed by atoms with E-state index in [-0.39, 0.29) is 115 Å². The van der Waals surface area contributed by atoms with Gasteiger partial charge in [-0.3, -0.25) is 29.0 Å². The molecule has 0 radical (unpaired) electrons. The summed E-state index contributed by atoms with van der Waals surface area (Å²) in [4.78, 5) is 55.4. The Morgan fingerprint density at radius 2 is 0.879 bits per heavy atom. The number of halogens is 6. The van der Waals surface area contributed by atoms with Crippen molar-refractivity contribution < 1.29 is 59.7 Å². The van der Waals surface area contributed by atoms with Crippen molar-refractivity contribution in [3.63, 3.8) is 0 Å². The van der Waals surface area contributed by atoms with E-state index < -0.39 is 66.1 Å². The molecule has 9 nitrogen and oxygen atoms in total. The van der Waals surface area contributed by atoms with Gasteiger partial charge in [-0.05, 0) is 150 Å². The van der Waals surface area contributed by atoms with E-state index in [4.69, 9.17) is 14.2 Å². The minimum absolute atomic E-state index is 0.00954. The van der Waals surface area contributed by atoms with Gasteiger partial charge in [-0.2, -0.15) is 26.3 Å². The highest BCUT2D eigenvalue weighted by Crippen LogP contribution is 2.55. The van der Waals surface area contributed by atoms with Crippen LogP contribution in [0.5, 0.6) is 0 Å². The fourth-order valence-electron chi connectivity index (χ4n) is 15.2. The van der Waals surface area contributed by atoms with Gasteiger partial charge in [0.2, 0.25) is 23.6 Å². The lowest BCUT2D eigenvalue weighted by atomic mass is 9.55. The number of ether oxygens (including phenoxy) is 3. The third kappa shape index (κ3) is 9.64. The Bertz CT molecular complexity index is 1780. The highest BCUT2D eigenvalue weighted by atomic mass is 19.4. The van der Waals surface area contributed by atoms with Gasteiger partial charge >= 0.3 is 12.4 Å². The number of fused-ring (bicyclic) bond motifs is 2. The zero-order valence-corrected chi connectivity index (χ0v) is 40.4. The average Bonchev–Trinajstić information content (AvgIpc) is 3.61. The normalized spacial score (nSPS) is 45.3. The van der Waals surface area contributed by atoms with E-state index in [1.54, 1.807) is 0 Å². The summed E-state index contributed by atoms with van der Waals surface area (Å²) in [6.45, 7) is 14.9. The summed E-state index contributed by atoms with van der Waals surface area (Å²) >= 11 is 0. The van der Waals surface area contributed by atoms with Crippen LogP contribution in [-0.4, -0.2) is 95.5 Å². The van der Waals surface area contributed by atoms with Gasteiger partial charge in [0, 0.05) is 13.1 Å². The van der Waals surface area contributed by atoms with Gasteiger partial charge in [-0.15, -0.1) is 0 Å². The van der Waals surface area contributed by atoms with Gasteiger partial charge in [-0.25, -0.2) is 0 Å². The van der Waals surface area contributed by atoms with Gasteiger partial charge < -0.3 is 14.2 Å². The first-order valence-electron chi connectivity index (χ1n) is 25.6. The molecule has 0 N–H and O–H groups in total. The number of likely N-dealkylation sites (tertiary alicyclic amines) is 2. The van der Waals surface area contributed by atoms with E-state index in [0.29, 0.717) is 50.9 Å². The lowest BCUT2D eigenvalue weighted by Gasteiger charge is -2.53. The molecule has 374 valence electrons.